The van der Waals surface area contributed by atoms with Crippen molar-refractivity contribution in [3.63, 3.8) is 0 Å². The van der Waals surface area contributed by atoms with Crippen molar-refractivity contribution in [3.8, 4) is 11.1 Å². The lowest BCUT2D eigenvalue weighted by atomic mass is 10.0. The zero-order valence-electron chi connectivity index (χ0n) is 15.0. The molecule has 0 bridgehead atoms. The van der Waals surface area contributed by atoms with Gasteiger partial charge in [-0.3, -0.25) is 9.88 Å². The molecule has 0 unspecified atom stereocenters. The first-order chi connectivity index (χ1) is 12.7. The fraction of sp³-hybridized carbons (Fsp3) is 0.350. The maximum absolute atomic E-state index is 5.96. The van der Waals surface area contributed by atoms with E-state index in [0.717, 1.165) is 38.3 Å². The van der Waals surface area contributed by atoms with E-state index < -0.39 is 0 Å². The molecule has 0 radical (unpaired) electrons. The number of hydrogen-bond donors (Lipinski definition) is 1. The number of pyridine rings is 1. The molecule has 0 amide bonds. The molecule has 4 rings (SSSR count). The van der Waals surface area contributed by atoms with E-state index in [4.69, 9.17) is 5.73 Å². The molecule has 1 saturated heterocycles. The van der Waals surface area contributed by atoms with Crippen molar-refractivity contribution in [2.75, 3.05) is 18.8 Å². The second-order valence-corrected chi connectivity index (χ2v) is 6.90. The summed E-state index contributed by atoms with van der Waals surface area (Å²) in [6.07, 6.45) is 5.78. The van der Waals surface area contributed by atoms with E-state index in [1.165, 1.54) is 16.7 Å². The fourth-order valence-corrected chi connectivity index (χ4v) is 3.64. The molecular weight excluding hydrogens is 324 g/mol. The van der Waals surface area contributed by atoms with E-state index in [1.807, 2.05) is 36.1 Å². The highest BCUT2D eigenvalue weighted by atomic mass is 15.4. The third kappa shape index (κ3) is 3.60. The molecule has 0 spiro atoms. The third-order valence-electron chi connectivity index (χ3n) is 5.04. The molecule has 1 aliphatic heterocycles. The molecule has 2 aromatic heterocycles. The van der Waals surface area contributed by atoms with Crippen LogP contribution in [0.1, 0.15) is 30.3 Å². The Hall–Kier alpha value is -2.73. The normalized spacial score (nSPS) is 16.0. The number of hydrogen-bond acceptors (Lipinski definition) is 5. The van der Waals surface area contributed by atoms with Crippen LogP contribution in [-0.4, -0.2) is 37.7 Å². The summed E-state index contributed by atoms with van der Waals surface area (Å²) >= 11 is 0. The van der Waals surface area contributed by atoms with Crippen molar-refractivity contribution in [2.45, 2.75) is 32.4 Å². The summed E-state index contributed by atoms with van der Waals surface area (Å²) in [7, 11) is 0. The largest absolute Gasteiger partial charge is 0.368 e. The van der Waals surface area contributed by atoms with Gasteiger partial charge in [0.05, 0.1) is 6.04 Å². The molecule has 1 aromatic carbocycles. The molecule has 134 valence electrons. The van der Waals surface area contributed by atoms with Crippen molar-refractivity contribution in [3.05, 3.63) is 60.2 Å². The van der Waals surface area contributed by atoms with E-state index in [2.05, 4.69) is 44.2 Å². The molecule has 6 nitrogen and oxygen atoms in total. The summed E-state index contributed by atoms with van der Waals surface area (Å²) in [6.45, 7) is 4.97. The maximum Gasteiger partial charge on any atom is 0.218 e. The minimum absolute atomic E-state index is 0.363. The summed E-state index contributed by atoms with van der Waals surface area (Å²) in [5, 5.41) is 4.44. The summed E-state index contributed by atoms with van der Waals surface area (Å²) in [5.74, 6) is 1.28. The summed E-state index contributed by atoms with van der Waals surface area (Å²) < 4.78 is 1.90. The Balaban J connectivity index is 1.35. The molecule has 3 aromatic rings. The predicted octanol–water partition coefficient (Wildman–Crippen LogP) is 3.07. The lowest BCUT2D eigenvalue weighted by Gasteiger charge is -2.32. The molecular formula is C20H24N6. The second kappa shape index (κ2) is 7.25. The number of anilines is 1. The molecule has 0 atom stereocenters. The van der Waals surface area contributed by atoms with Crippen LogP contribution in [0.25, 0.3) is 11.1 Å². The number of piperidine rings is 1. The number of nitrogen functional groups attached to an aromatic ring is 1. The van der Waals surface area contributed by atoms with Crippen molar-refractivity contribution < 1.29 is 0 Å². The van der Waals surface area contributed by atoms with Gasteiger partial charge < -0.3 is 5.73 Å². The SMILES string of the molecule is Cc1nc(N)n(C2CCN(Cc3ccc(-c4ccncc4)cc3)CC2)n1. The van der Waals surface area contributed by atoms with Crippen molar-refractivity contribution in [1.29, 1.82) is 0 Å². The van der Waals surface area contributed by atoms with E-state index in [0.29, 0.717) is 12.0 Å². The van der Waals surface area contributed by atoms with Crippen LogP contribution < -0.4 is 5.73 Å². The summed E-state index contributed by atoms with van der Waals surface area (Å²) in [4.78, 5) is 10.8. The van der Waals surface area contributed by atoms with Crippen LogP contribution in [0.4, 0.5) is 5.95 Å². The standard InChI is InChI=1S/C20H24N6/c1-15-23-20(21)26(24-15)19-8-12-25(13-9-19)14-16-2-4-17(5-3-16)18-6-10-22-11-7-18/h2-7,10-11,19H,8-9,12-14H2,1H3,(H2,21,23,24). The fourth-order valence-electron chi connectivity index (χ4n) is 3.64. The Labute approximate surface area is 153 Å². The number of nitrogens with two attached hydrogens (primary N) is 1. The first-order valence-corrected chi connectivity index (χ1v) is 9.09. The zero-order valence-corrected chi connectivity index (χ0v) is 15.0. The van der Waals surface area contributed by atoms with Crippen LogP contribution >= 0.6 is 0 Å². The lowest BCUT2D eigenvalue weighted by molar-refractivity contribution is 0.174. The number of aromatic nitrogens is 4. The molecule has 26 heavy (non-hydrogen) atoms. The minimum atomic E-state index is 0.363. The van der Waals surface area contributed by atoms with Crippen LogP contribution in [0, 0.1) is 6.92 Å². The monoisotopic (exact) mass is 348 g/mol. The van der Waals surface area contributed by atoms with Gasteiger partial charge in [0.1, 0.15) is 5.82 Å². The van der Waals surface area contributed by atoms with Gasteiger partial charge in [-0.1, -0.05) is 24.3 Å². The van der Waals surface area contributed by atoms with Gasteiger partial charge in [-0.25, -0.2) is 4.68 Å². The molecule has 0 aliphatic carbocycles. The second-order valence-electron chi connectivity index (χ2n) is 6.90. The van der Waals surface area contributed by atoms with E-state index >= 15 is 0 Å². The third-order valence-corrected chi connectivity index (χ3v) is 5.04. The number of likely N-dealkylation sites (tertiary alicyclic amines) is 1. The molecule has 6 heteroatoms. The average molecular weight is 348 g/mol. The number of aryl methyl sites for hydroxylation is 1. The Morgan fingerprint density at radius 1 is 1.00 bits per heavy atom. The highest BCUT2D eigenvalue weighted by molar-refractivity contribution is 5.62. The Morgan fingerprint density at radius 3 is 2.27 bits per heavy atom. The smallest absolute Gasteiger partial charge is 0.218 e. The Kier molecular flexibility index (Phi) is 4.67. The Morgan fingerprint density at radius 2 is 1.65 bits per heavy atom. The van der Waals surface area contributed by atoms with E-state index in [9.17, 15) is 0 Å². The van der Waals surface area contributed by atoms with E-state index in [1.54, 1.807) is 0 Å². The van der Waals surface area contributed by atoms with Crippen LogP contribution in [0.2, 0.25) is 0 Å². The van der Waals surface area contributed by atoms with Crippen molar-refractivity contribution >= 4 is 5.95 Å². The number of nitrogens with zero attached hydrogens (tertiary/aromatic N) is 5. The van der Waals surface area contributed by atoms with E-state index in [-0.39, 0.29) is 0 Å². The van der Waals surface area contributed by atoms with Gasteiger partial charge in [-0.05, 0) is 48.6 Å². The molecule has 1 aliphatic rings. The van der Waals surface area contributed by atoms with Crippen molar-refractivity contribution in [2.24, 2.45) is 0 Å². The molecule has 2 N–H and O–H groups in total. The first-order valence-electron chi connectivity index (χ1n) is 9.09. The molecule has 3 heterocycles. The van der Waals surface area contributed by atoms with Crippen LogP contribution in [0.3, 0.4) is 0 Å². The molecule has 1 fully saturated rings. The maximum atomic E-state index is 5.96. The summed E-state index contributed by atoms with van der Waals surface area (Å²) in [5.41, 5.74) is 9.74. The van der Waals surface area contributed by atoms with Gasteiger partial charge >= 0.3 is 0 Å². The van der Waals surface area contributed by atoms with Gasteiger partial charge in [0.25, 0.3) is 0 Å². The Bertz CT molecular complexity index is 848. The number of benzene rings is 1. The van der Waals surface area contributed by atoms with Crippen LogP contribution in [-0.2, 0) is 6.54 Å². The zero-order chi connectivity index (χ0) is 17.9. The van der Waals surface area contributed by atoms with Gasteiger partial charge in [-0.2, -0.15) is 10.1 Å². The van der Waals surface area contributed by atoms with Gasteiger partial charge in [0.2, 0.25) is 5.95 Å². The average Bonchev–Trinajstić information content (AvgIpc) is 3.02. The first kappa shape index (κ1) is 16.7. The van der Waals surface area contributed by atoms with Crippen LogP contribution in [0.5, 0.6) is 0 Å². The highest BCUT2D eigenvalue weighted by Gasteiger charge is 2.23. The lowest BCUT2D eigenvalue weighted by Crippen LogP contribution is -2.34. The highest BCUT2D eigenvalue weighted by Crippen LogP contribution is 2.25. The minimum Gasteiger partial charge on any atom is -0.368 e. The van der Waals surface area contributed by atoms with Gasteiger partial charge in [0, 0.05) is 32.0 Å². The van der Waals surface area contributed by atoms with Crippen LogP contribution in [0.15, 0.2) is 48.8 Å². The summed E-state index contributed by atoms with van der Waals surface area (Å²) in [6, 6.07) is 13.3. The van der Waals surface area contributed by atoms with Gasteiger partial charge in [0.15, 0.2) is 0 Å². The molecule has 0 saturated carbocycles. The topological polar surface area (TPSA) is 72.9 Å². The quantitative estimate of drug-likeness (QED) is 0.784. The van der Waals surface area contributed by atoms with Crippen molar-refractivity contribution in [1.82, 2.24) is 24.6 Å². The number of rotatable bonds is 4. The predicted molar refractivity (Wildman–Crippen MR) is 102 cm³/mol. The van der Waals surface area contributed by atoms with Gasteiger partial charge in [-0.15, -0.1) is 0 Å².